The zero-order valence-corrected chi connectivity index (χ0v) is 15.6. The van der Waals surface area contributed by atoms with E-state index < -0.39 is 11.4 Å². The van der Waals surface area contributed by atoms with Crippen LogP contribution in [0.3, 0.4) is 0 Å². The Balaban J connectivity index is 1.47. The molecule has 1 aliphatic heterocycles. The molecule has 1 saturated heterocycles. The van der Waals surface area contributed by atoms with E-state index in [1.54, 1.807) is 10.3 Å². The fraction of sp³-hybridized carbons (Fsp3) is 0.450. The lowest BCUT2D eigenvalue weighted by molar-refractivity contribution is -0.149. The Kier molecular flexibility index (Phi) is 4.31. The second kappa shape index (κ2) is 6.50. The molecular formula is C20H22N2O3S. The van der Waals surface area contributed by atoms with Crippen LogP contribution < -0.4 is 0 Å². The molecule has 5 nitrogen and oxygen atoms in total. The summed E-state index contributed by atoms with van der Waals surface area (Å²) in [7, 11) is 0. The van der Waals surface area contributed by atoms with Gasteiger partial charge in [0.2, 0.25) is 0 Å². The van der Waals surface area contributed by atoms with E-state index in [1.807, 2.05) is 0 Å². The van der Waals surface area contributed by atoms with Crippen LogP contribution in [-0.4, -0.2) is 40.0 Å². The molecule has 0 bridgehead atoms. The van der Waals surface area contributed by atoms with Crippen molar-refractivity contribution in [2.45, 2.75) is 32.6 Å². The molecule has 4 rings (SSSR count). The number of thiazole rings is 1. The highest BCUT2D eigenvalue weighted by molar-refractivity contribution is 7.09. The molecule has 6 heteroatoms. The van der Waals surface area contributed by atoms with Gasteiger partial charge in [0, 0.05) is 24.9 Å². The third-order valence-electron chi connectivity index (χ3n) is 5.83. The number of aryl methyl sites for hydroxylation is 1. The van der Waals surface area contributed by atoms with Crippen molar-refractivity contribution in [3.8, 4) is 0 Å². The summed E-state index contributed by atoms with van der Waals surface area (Å²) in [5.74, 6) is -0.810. The Morgan fingerprint density at radius 2 is 2.12 bits per heavy atom. The van der Waals surface area contributed by atoms with Crippen molar-refractivity contribution in [3.63, 3.8) is 0 Å². The van der Waals surface area contributed by atoms with E-state index in [1.165, 1.54) is 22.5 Å². The fourth-order valence-electron chi connectivity index (χ4n) is 4.33. The number of nitrogens with zero attached hydrogens (tertiary/aromatic N) is 2. The first-order valence-electron chi connectivity index (χ1n) is 9.00. The van der Waals surface area contributed by atoms with Gasteiger partial charge in [-0.2, -0.15) is 0 Å². The van der Waals surface area contributed by atoms with E-state index in [0.29, 0.717) is 31.6 Å². The van der Waals surface area contributed by atoms with Crippen molar-refractivity contribution >= 4 is 23.2 Å². The molecule has 2 atom stereocenters. The van der Waals surface area contributed by atoms with Gasteiger partial charge in [-0.25, -0.2) is 4.98 Å². The van der Waals surface area contributed by atoms with Crippen LogP contribution in [0.25, 0.3) is 0 Å². The number of carbonyl (C=O) groups is 2. The summed E-state index contributed by atoms with van der Waals surface area (Å²) >= 11 is 1.49. The minimum atomic E-state index is -0.756. The second-order valence-electron chi connectivity index (χ2n) is 7.52. The minimum Gasteiger partial charge on any atom is -0.481 e. The molecule has 136 valence electrons. The number of carboxylic acid groups (broad SMARTS) is 1. The number of carboxylic acids is 1. The number of hydrogen-bond acceptors (Lipinski definition) is 4. The van der Waals surface area contributed by atoms with Crippen molar-refractivity contribution in [2.75, 3.05) is 13.1 Å². The molecular weight excluding hydrogens is 348 g/mol. The minimum absolute atomic E-state index is 0.0783. The van der Waals surface area contributed by atoms with E-state index >= 15 is 0 Å². The zero-order chi connectivity index (χ0) is 18.3. The molecule has 26 heavy (non-hydrogen) atoms. The highest BCUT2D eigenvalue weighted by atomic mass is 32.1. The molecule has 1 aromatic heterocycles. The first kappa shape index (κ1) is 17.2. The number of aliphatic carboxylic acids is 1. The number of rotatable bonds is 4. The SMILES string of the molecule is Cc1ccc(Cc2nc(C(=O)N3C[C@@H]4CCC[C@@]4(C(=O)O)C3)cs2)cc1. The van der Waals surface area contributed by atoms with Gasteiger partial charge in [-0.15, -0.1) is 11.3 Å². The summed E-state index contributed by atoms with van der Waals surface area (Å²) < 4.78 is 0. The van der Waals surface area contributed by atoms with Gasteiger partial charge in [0.1, 0.15) is 5.69 Å². The van der Waals surface area contributed by atoms with Gasteiger partial charge in [-0.05, 0) is 31.2 Å². The topological polar surface area (TPSA) is 70.5 Å². The maximum absolute atomic E-state index is 12.8. The summed E-state index contributed by atoms with van der Waals surface area (Å²) in [6.07, 6.45) is 3.22. The predicted octanol–water partition coefficient (Wildman–Crippen LogP) is 3.37. The quantitative estimate of drug-likeness (QED) is 0.896. The summed E-state index contributed by atoms with van der Waals surface area (Å²) in [5, 5.41) is 12.4. The van der Waals surface area contributed by atoms with Gasteiger partial charge < -0.3 is 10.0 Å². The number of likely N-dealkylation sites (tertiary alicyclic amines) is 1. The van der Waals surface area contributed by atoms with Crippen LogP contribution in [0, 0.1) is 18.3 Å². The van der Waals surface area contributed by atoms with Crippen molar-refractivity contribution in [1.29, 1.82) is 0 Å². The Hall–Kier alpha value is -2.21. The summed E-state index contributed by atoms with van der Waals surface area (Å²) in [4.78, 5) is 30.8. The van der Waals surface area contributed by atoms with Crippen LogP contribution in [0.15, 0.2) is 29.6 Å². The predicted molar refractivity (Wildman–Crippen MR) is 99.4 cm³/mol. The van der Waals surface area contributed by atoms with Gasteiger partial charge in [-0.3, -0.25) is 9.59 Å². The fourth-order valence-corrected chi connectivity index (χ4v) is 5.13. The smallest absolute Gasteiger partial charge is 0.311 e. The maximum Gasteiger partial charge on any atom is 0.311 e. The van der Waals surface area contributed by atoms with Gasteiger partial charge >= 0.3 is 5.97 Å². The first-order chi connectivity index (χ1) is 12.5. The number of hydrogen-bond donors (Lipinski definition) is 1. The number of amides is 1. The van der Waals surface area contributed by atoms with E-state index in [-0.39, 0.29) is 11.8 Å². The number of carbonyl (C=O) groups excluding carboxylic acids is 1. The molecule has 2 fully saturated rings. The summed E-state index contributed by atoms with van der Waals surface area (Å²) in [6.45, 7) is 2.91. The average Bonchev–Trinajstić information content (AvgIpc) is 3.30. The molecule has 2 aliphatic rings. The Morgan fingerprint density at radius 3 is 2.81 bits per heavy atom. The maximum atomic E-state index is 12.8. The molecule has 1 amide bonds. The average molecular weight is 370 g/mol. The van der Waals surface area contributed by atoms with E-state index in [4.69, 9.17) is 0 Å². The Labute approximate surface area is 156 Å². The van der Waals surface area contributed by atoms with Gasteiger partial charge in [0.25, 0.3) is 5.91 Å². The molecule has 0 spiro atoms. The van der Waals surface area contributed by atoms with Crippen LogP contribution >= 0.6 is 11.3 Å². The monoisotopic (exact) mass is 370 g/mol. The van der Waals surface area contributed by atoms with Crippen molar-refractivity contribution in [1.82, 2.24) is 9.88 Å². The lowest BCUT2D eigenvalue weighted by Crippen LogP contribution is -2.37. The van der Waals surface area contributed by atoms with Crippen LogP contribution in [-0.2, 0) is 11.2 Å². The van der Waals surface area contributed by atoms with Crippen LogP contribution in [0.1, 0.15) is 45.9 Å². The van der Waals surface area contributed by atoms with Crippen LogP contribution in [0.2, 0.25) is 0 Å². The number of benzene rings is 1. The molecule has 1 aliphatic carbocycles. The van der Waals surface area contributed by atoms with E-state index in [9.17, 15) is 14.7 Å². The molecule has 1 N–H and O–H groups in total. The molecule has 0 radical (unpaired) electrons. The molecule has 0 unspecified atom stereocenters. The third kappa shape index (κ3) is 2.92. The third-order valence-corrected chi connectivity index (χ3v) is 6.68. The van der Waals surface area contributed by atoms with Crippen molar-refractivity contribution < 1.29 is 14.7 Å². The highest BCUT2D eigenvalue weighted by Gasteiger charge is 2.55. The van der Waals surface area contributed by atoms with Crippen LogP contribution in [0.4, 0.5) is 0 Å². The first-order valence-corrected chi connectivity index (χ1v) is 9.88. The normalized spacial score (nSPS) is 24.7. The Bertz CT molecular complexity index is 845. The highest BCUT2D eigenvalue weighted by Crippen LogP contribution is 2.49. The van der Waals surface area contributed by atoms with Crippen molar-refractivity contribution in [2.24, 2.45) is 11.3 Å². The Morgan fingerprint density at radius 1 is 1.35 bits per heavy atom. The lowest BCUT2D eigenvalue weighted by atomic mass is 9.81. The van der Waals surface area contributed by atoms with Gasteiger partial charge in [0.05, 0.1) is 10.4 Å². The van der Waals surface area contributed by atoms with Gasteiger partial charge in [0.15, 0.2) is 0 Å². The van der Waals surface area contributed by atoms with Crippen molar-refractivity contribution in [3.05, 3.63) is 51.5 Å². The van der Waals surface area contributed by atoms with Gasteiger partial charge in [-0.1, -0.05) is 36.2 Å². The molecule has 2 heterocycles. The molecule has 2 aromatic rings. The second-order valence-corrected chi connectivity index (χ2v) is 8.47. The summed E-state index contributed by atoms with van der Waals surface area (Å²) in [5.41, 5.74) is 2.09. The molecule has 1 aromatic carbocycles. The van der Waals surface area contributed by atoms with E-state index in [0.717, 1.165) is 17.8 Å². The van der Waals surface area contributed by atoms with Crippen LogP contribution in [0.5, 0.6) is 0 Å². The molecule has 1 saturated carbocycles. The lowest BCUT2D eigenvalue weighted by Gasteiger charge is -2.23. The summed E-state index contributed by atoms with van der Waals surface area (Å²) in [6, 6.07) is 8.31. The zero-order valence-electron chi connectivity index (χ0n) is 14.8. The number of aromatic nitrogens is 1. The number of fused-ring (bicyclic) bond motifs is 1. The largest absolute Gasteiger partial charge is 0.481 e. The standard InChI is InChI=1S/C20H22N2O3S/c1-13-4-6-14(7-5-13)9-17-21-16(11-26-17)18(23)22-10-15-3-2-8-20(15,12-22)19(24)25/h4-7,11,15H,2-3,8-10,12H2,1H3,(H,24,25)/t15-,20+/m0/s1. The van der Waals surface area contributed by atoms with E-state index in [2.05, 4.69) is 36.2 Å².